The molecule has 0 saturated carbocycles. The van der Waals surface area contributed by atoms with Crippen LogP contribution in [0.2, 0.25) is 0 Å². The number of aliphatic hydroxyl groups is 1. The summed E-state index contributed by atoms with van der Waals surface area (Å²) in [5, 5.41) is 9.10. The van der Waals surface area contributed by atoms with Gasteiger partial charge < -0.3 is 10.5 Å². The largest absolute Gasteiger partial charge is 0.396 e. The standard InChI is InChI=1S/C11H18N2O/c1-3-9-4-5-11(13-12)10(6-9)8(2)7-14/h4-6,8,13-14H,3,7,12H2,1-2H3. The average Bonchev–Trinajstić information content (AvgIpc) is 2.27. The van der Waals surface area contributed by atoms with Gasteiger partial charge in [-0.2, -0.15) is 0 Å². The summed E-state index contributed by atoms with van der Waals surface area (Å²) < 4.78 is 0. The minimum absolute atomic E-state index is 0.118. The van der Waals surface area contributed by atoms with E-state index >= 15 is 0 Å². The van der Waals surface area contributed by atoms with Gasteiger partial charge in [0.2, 0.25) is 0 Å². The third kappa shape index (κ3) is 2.25. The molecule has 0 amide bonds. The number of hydrogen-bond acceptors (Lipinski definition) is 3. The first kappa shape index (κ1) is 11.0. The molecule has 0 fully saturated rings. The molecule has 1 atom stereocenters. The molecule has 14 heavy (non-hydrogen) atoms. The average molecular weight is 194 g/mol. The molecule has 0 radical (unpaired) electrons. The Bertz CT molecular complexity index is 299. The van der Waals surface area contributed by atoms with Crippen molar-refractivity contribution in [3.8, 4) is 0 Å². The van der Waals surface area contributed by atoms with Crippen LogP contribution in [0.25, 0.3) is 0 Å². The lowest BCUT2D eigenvalue weighted by molar-refractivity contribution is 0.273. The third-order valence-electron chi connectivity index (χ3n) is 2.48. The smallest absolute Gasteiger partial charge is 0.0520 e. The number of nitrogens with one attached hydrogen (secondary N) is 1. The van der Waals surface area contributed by atoms with E-state index in [0.29, 0.717) is 0 Å². The highest BCUT2D eigenvalue weighted by molar-refractivity contribution is 5.53. The summed E-state index contributed by atoms with van der Waals surface area (Å²) >= 11 is 0. The fourth-order valence-electron chi connectivity index (χ4n) is 1.47. The SMILES string of the molecule is CCc1ccc(NN)c(C(C)CO)c1. The van der Waals surface area contributed by atoms with Crippen LogP contribution in [-0.2, 0) is 6.42 Å². The van der Waals surface area contributed by atoms with E-state index in [-0.39, 0.29) is 12.5 Å². The summed E-state index contributed by atoms with van der Waals surface area (Å²) in [6.07, 6.45) is 0.996. The Morgan fingerprint density at radius 3 is 2.71 bits per heavy atom. The third-order valence-corrected chi connectivity index (χ3v) is 2.48. The van der Waals surface area contributed by atoms with Crippen LogP contribution in [0.3, 0.4) is 0 Å². The van der Waals surface area contributed by atoms with Crippen molar-refractivity contribution >= 4 is 5.69 Å². The van der Waals surface area contributed by atoms with Crippen molar-refractivity contribution in [2.45, 2.75) is 26.2 Å². The van der Waals surface area contributed by atoms with E-state index in [1.54, 1.807) is 0 Å². The zero-order valence-corrected chi connectivity index (χ0v) is 8.75. The number of nitrogens with two attached hydrogens (primary N) is 1. The highest BCUT2D eigenvalue weighted by atomic mass is 16.3. The number of anilines is 1. The summed E-state index contributed by atoms with van der Waals surface area (Å²) in [7, 11) is 0. The van der Waals surface area contributed by atoms with Crippen LogP contribution in [0.1, 0.15) is 30.9 Å². The Hall–Kier alpha value is -1.06. The van der Waals surface area contributed by atoms with Crippen molar-refractivity contribution in [2.75, 3.05) is 12.0 Å². The van der Waals surface area contributed by atoms with Crippen LogP contribution in [-0.4, -0.2) is 11.7 Å². The molecule has 0 aliphatic heterocycles. The Morgan fingerprint density at radius 1 is 1.50 bits per heavy atom. The number of rotatable bonds is 4. The molecule has 4 N–H and O–H groups in total. The number of aryl methyl sites for hydroxylation is 1. The van der Waals surface area contributed by atoms with E-state index in [0.717, 1.165) is 17.7 Å². The molecule has 0 bridgehead atoms. The quantitative estimate of drug-likeness (QED) is 0.504. The van der Waals surface area contributed by atoms with Crippen LogP contribution >= 0.6 is 0 Å². The van der Waals surface area contributed by atoms with Crippen LogP contribution < -0.4 is 11.3 Å². The van der Waals surface area contributed by atoms with Gasteiger partial charge in [0.15, 0.2) is 0 Å². The summed E-state index contributed by atoms with van der Waals surface area (Å²) in [4.78, 5) is 0. The molecule has 0 aliphatic rings. The molecule has 3 heteroatoms. The highest BCUT2D eigenvalue weighted by Gasteiger charge is 2.09. The predicted molar refractivity (Wildman–Crippen MR) is 59.1 cm³/mol. The summed E-state index contributed by atoms with van der Waals surface area (Å²) in [5.41, 5.74) is 5.88. The van der Waals surface area contributed by atoms with Gasteiger partial charge in [0.1, 0.15) is 0 Å². The summed E-state index contributed by atoms with van der Waals surface area (Å²) in [6, 6.07) is 6.10. The Kier molecular flexibility index (Phi) is 3.92. The van der Waals surface area contributed by atoms with E-state index in [1.807, 2.05) is 19.1 Å². The van der Waals surface area contributed by atoms with E-state index in [9.17, 15) is 0 Å². The lowest BCUT2D eigenvalue weighted by Crippen LogP contribution is -2.12. The van der Waals surface area contributed by atoms with E-state index in [1.165, 1.54) is 5.56 Å². The zero-order chi connectivity index (χ0) is 10.6. The lowest BCUT2D eigenvalue weighted by Gasteiger charge is -2.15. The molecule has 0 aromatic heterocycles. The van der Waals surface area contributed by atoms with Crippen LogP contribution in [0, 0.1) is 0 Å². The minimum atomic E-state index is 0.118. The maximum absolute atomic E-state index is 9.10. The molecule has 78 valence electrons. The number of aliphatic hydroxyl groups excluding tert-OH is 1. The Labute approximate surface area is 84.9 Å². The molecule has 0 heterocycles. The van der Waals surface area contributed by atoms with Crippen molar-refractivity contribution in [3.63, 3.8) is 0 Å². The van der Waals surface area contributed by atoms with Gasteiger partial charge in [0.25, 0.3) is 0 Å². The summed E-state index contributed by atoms with van der Waals surface area (Å²) in [5.74, 6) is 5.52. The molecule has 1 unspecified atom stereocenters. The predicted octanol–water partition coefficient (Wildman–Crippen LogP) is 1.63. The van der Waals surface area contributed by atoms with Gasteiger partial charge in [-0.1, -0.05) is 26.0 Å². The minimum Gasteiger partial charge on any atom is -0.396 e. The van der Waals surface area contributed by atoms with Crippen LogP contribution in [0.15, 0.2) is 18.2 Å². The molecular formula is C11H18N2O. The second-order valence-electron chi connectivity index (χ2n) is 3.50. The van der Waals surface area contributed by atoms with Gasteiger partial charge in [-0.15, -0.1) is 0 Å². The second-order valence-corrected chi connectivity index (χ2v) is 3.50. The first-order chi connectivity index (χ1) is 6.72. The van der Waals surface area contributed by atoms with Crippen molar-refractivity contribution in [1.29, 1.82) is 0 Å². The van der Waals surface area contributed by atoms with E-state index < -0.39 is 0 Å². The Balaban J connectivity index is 3.08. The fourth-order valence-corrected chi connectivity index (χ4v) is 1.47. The van der Waals surface area contributed by atoms with E-state index in [2.05, 4.69) is 18.4 Å². The molecular weight excluding hydrogens is 176 g/mol. The first-order valence-corrected chi connectivity index (χ1v) is 4.93. The maximum Gasteiger partial charge on any atom is 0.0520 e. The topological polar surface area (TPSA) is 58.3 Å². The van der Waals surface area contributed by atoms with Gasteiger partial charge in [-0.05, 0) is 23.6 Å². The number of hydrazine groups is 1. The van der Waals surface area contributed by atoms with Crippen LogP contribution in [0.5, 0.6) is 0 Å². The maximum atomic E-state index is 9.10. The molecule has 0 aliphatic carbocycles. The van der Waals surface area contributed by atoms with Gasteiger partial charge >= 0.3 is 0 Å². The van der Waals surface area contributed by atoms with Crippen molar-refractivity contribution < 1.29 is 5.11 Å². The zero-order valence-electron chi connectivity index (χ0n) is 8.75. The van der Waals surface area contributed by atoms with Crippen molar-refractivity contribution in [1.82, 2.24) is 0 Å². The van der Waals surface area contributed by atoms with E-state index in [4.69, 9.17) is 10.9 Å². The van der Waals surface area contributed by atoms with Gasteiger partial charge in [-0.25, -0.2) is 0 Å². The fraction of sp³-hybridized carbons (Fsp3) is 0.455. The van der Waals surface area contributed by atoms with Gasteiger partial charge in [0.05, 0.1) is 5.69 Å². The first-order valence-electron chi connectivity index (χ1n) is 4.93. The second kappa shape index (κ2) is 4.98. The van der Waals surface area contributed by atoms with Crippen molar-refractivity contribution in [3.05, 3.63) is 29.3 Å². The number of hydrogen-bond donors (Lipinski definition) is 3. The molecule has 0 spiro atoms. The van der Waals surface area contributed by atoms with Crippen molar-refractivity contribution in [2.24, 2.45) is 5.84 Å². The highest BCUT2D eigenvalue weighted by Crippen LogP contribution is 2.24. The molecule has 1 aromatic carbocycles. The number of nitrogen functional groups attached to an aromatic ring is 1. The van der Waals surface area contributed by atoms with Gasteiger partial charge in [-0.3, -0.25) is 5.84 Å². The van der Waals surface area contributed by atoms with Crippen LogP contribution in [0.4, 0.5) is 5.69 Å². The van der Waals surface area contributed by atoms with Gasteiger partial charge in [0, 0.05) is 12.5 Å². The molecule has 3 nitrogen and oxygen atoms in total. The number of benzene rings is 1. The Morgan fingerprint density at radius 2 is 2.21 bits per heavy atom. The molecule has 1 aromatic rings. The normalized spacial score (nSPS) is 12.6. The monoisotopic (exact) mass is 194 g/mol. The summed E-state index contributed by atoms with van der Waals surface area (Å²) in [6.45, 7) is 4.23. The molecule has 0 saturated heterocycles. The lowest BCUT2D eigenvalue weighted by atomic mass is 9.97. The molecule has 1 rings (SSSR count).